The second kappa shape index (κ2) is 9.11. The van der Waals surface area contributed by atoms with E-state index in [1.807, 2.05) is 41.5 Å². The van der Waals surface area contributed by atoms with Crippen LogP contribution in [0.5, 0.6) is 0 Å². The molecule has 3 N–H and O–H groups in total. The standard InChI is InChI=1S/C17H35N3O3/c1-12(2)13(10-19-15(22)23-17(6,7)8)9-18-11-14(21)20-16(3,4)5/h12-13,18H,9-11H2,1-8H3,(H,19,22)(H,20,21). The summed E-state index contributed by atoms with van der Waals surface area (Å²) >= 11 is 0. The van der Waals surface area contributed by atoms with Gasteiger partial charge < -0.3 is 20.7 Å². The van der Waals surface area contributed by atoms with Crippen LogP contribution in [-0.2, 0) is 9.53 Å². The third kappa shape index (κ3) is 12.9. The molecule has 0 saturated carbocycles. The molecule has 1 atom stereocenters. The van der Waals surface area contributed by atoms with Gasteiger partial charge in [-0.05, 0) is 53.4 Å². The highest BCUT2D eigenvalue weighted by Gasteiger charge is 2.19. The average Bonchev–Trinajstić information content (AvgIpc) is 2.28. The number of hydrogen-bond donors (Lipinski definition) is 3. The number of ether oxygens (including phenoxy) is 1. The van der Waals surface area contributed by atoms with E-state index in [2.05, 4.69) is 29.8 Å². The van der Waals surface area contributed by atoms with Gasteiger partial charge >= 0.3 is 6.09 Å². The molecule has 1 unspecified atom stereocenters. The molecule has 0 aromatic rings. The van der Waals surface area contributed by atoms with Crippen molar-refractivity contribution in [2.45, 2.75) is 66.5 Å². The summed E-state index contributed by atoms with van der Waals surface area (Å²) in [7, 11) is 0. The van der Waals surface area contributed by atoms with Gasteiger partial charge in [0.1, 0.15) is 5.60 Å². The van der Waals surface area contributed by atoms with E-state index in [-0.39, 0.29) is 23.9 Å². The molecule has 0 rings (SSSR count). The van der Waals surface area contributed by atoms with Crippen LogP contribution < -0.4 is 16.0 Å². The lowest BCUT2D eigenvalue weighted by Gasteiger charge is -2.25. The van der Waals surface area contributed by atoms with E-state index in [0.29, 0.717) is 19.0 Å². The van der Waals surface area contributed by atoms with Crippen molar-refractivity contribution in [1.82, 2.24) is 16.0 Å². The Bertz CT molecular complexity index is 382. The minimum absolute atomic E-state index is 0.0277. The second-order valence-electron chi connectivity index (χ2n) is 8.32. The number of carbonyl (C=O) groups excluding carboxylic acids is 2. The van der Waals surface area contributed by atoms with Crippen molar-refractivity contribution in [3.8, 4) is 0 Å². The Morgan fingerprint density at radius 2 is 1.57 bits per heavy atom. The van der Waals surface area contributed by atoms with Gasteiger partial charge in [0.15, 0.2) is 0 Å². The maximum absolute atomic E-state index is 11.8. The number of hydrogen-bond acceptors (Lipinski definition) is 4. The van der Waals surface area contributed by atoms with Crippen LogP contribution in [0.3, 0.4) is 0 Å². The predicted octanol–water partition coefficient (Wildman–Crippen LogP) is 2.29. The summed E-state index contributed by atoms with van der Waals surface area (Å²) in [5.41, 5.74) is -0.727. The first kappa shape index (κ1) is 21.7. The van der Waals surface area contributed by atoms with Crippen molar-refractivity contribution in [3.05, 3.63) is 0 Å². The zero-order valence-electron chi connectivity index (χ0n) is 16.0. The van der Waals surface area contributed by atoms with Crippen LogP contribution in [0.25, 0.3) is 0 Å². The summed E-state index contributed by atoms with van der Waals surface area (Å²) in [5, 5.41) is 8.86. The van der Waals surface area contributed by atoms with Crippen LogP contribution in [-0.4, -0.2) is 42.8 Å². The smallest absolute Gasteiger partial charge is 0.407 e. The Balaban J connectivity index is 4.18. The van der Waals surface area contributed by atoms with Gasteiger partial charge in [-0.15, -0.1) is 0 Å². The minimum atomic E-state index is -0.499. The van der Waals surface area contributed by atoms with Gasteiger partial charge in [-0.1, -0.05) is 13.8 Å². The number of nitrogens with one attached hydrogen (secondary N) is 3. The van der Waals surface area contributed by atoms with Gasteiger partial charge in [0.05, 0.1) is 6.54 Å². The molecule has 0 bridgehead atoms. The van der Waals surface area contributed by atoms with E-state index in [1.165, 1.54) is 0 Å². The van der Waals surface area contributed by atoms with Gasteiger partial charge in [-0.3, -0.25) is 4.79 Å². The molecule has 0 aliphatic rings. The highest BCUT2D eigenvalue weighted by molar-refractivity contribution is 5.78. The molecule has 0 radical (unpaired) electrons. The monoisotopic (exact) mass is 329 g/mol. The Kier molecular flexibility index (Phi) is 8.59. The minimum Gasteiger partial charge on any atom is -0.444 e. The van der Waals surface area contributed by atoms with Crippen LogP contribution >= 0.6 is 0 Å². The Hall–Kier alpha value is -1.30. The van der Waals surface area contributed by atoms with Crippen LogP contribution in [0.2, 0.25) is 0 Å². The molecule has 0 aliphatic carbocycles. The summed E-state index contributed by atoms with van der Waals surface area (Å²) in [4.78, 5) is 23.5. The largest absolute Gasteiger partial charge is 0.444 e. The number of amides is 2. The molecule has 0 aromatic carbocycles. The van der Waals surface area contributed by atoms with E-state index >= 15 is 0 Å². The topological polar surface area (TPSA) is 79.5 Å². The third-order valence-electron chi connectivity index (χ3n) is 3.06. The first-order valence-electron chi connectivity index (χ1n) is 8.29. The summed E-state index contributed by atoms with van der Waals surface area (Å²) < 4.78 is 5.23. The fraction of sp³-hybridized carbons (Fsp3) is 0.882. The summed E-state index contributed by atoms with van der Waals surface area (Å²) in [6.45, 7) is 17.0. The lowest BCUT2D eigenvalue weighted by atomic mass is 9.96. The molecule has 0 heterocycles. The molecule has 0 aromatic heterocycles. The molecule has 0 fully saturated rings. The molecule has 23 heavy (non-hydrogen) atoms. The van der Waals surface area contributed by atoms with Crippen molar-refractivity contribution >= 4 is 12.0 Å². The van der Waals surface area contributed by atoms with E-state index in [9.17, 15) is 9.59 Å². The summed E-state index contributed by atoms with van der Waals surface area (Å²) in [6, 6.07) is 0. The maximum Gasteiger partial charge on any atom is 0.407 e. The van der Waals surface area contributed by atoms with Gasteiger partial charge in [-0.25, -0.2) is 4.79 Å². The van der Waals surface area contributed by atoms with Gasteiger partial charge in [-0.2, -0.15) is 0 Å². The van der Waals surface area contributed by atoms with Crippen LogP contribution in [0.4, 0.5) is 4.79 Å². The molecule has 6 heteroatoms. The summed E-state index contributed by atoms with van der Waals surface area (Å²) in [6.07, 6.45) is -0.409. The fourth-order valence-corrected chi connectivity index (χ4v) is 1.91. The lowest BCUT2D eigenvalue weighted by Crippen LogP contribution is -2.46. The molecule has 6 nitrogen and oxygen atoms in total. The van der Waals surface area contributed by atoms with Gasteiger partial charge in [0, 0.05) is 18.6 Å². The molecule has 0 aliphatic heterocycles. The van der Waals surface area contributed by atoms with E-state index in [0.717, 1.165) is 0 Å². The van der Waals surface area contributed by atoms with E-state index in [4.69, 9.17) is 4.74 Å². The number of alkyl carbamates (subject to hydrolysis) is 1. The van der Waals surface area contributed by atoms with Crippen molar-refractivity contribution in [1.29, 1.82) is 0 Å². The Labute approximate surface area is 141 Å². The number of rotatable bonds is 7. The molecular formula is C17H35N3O3. The number of carbonyl (C=O) groups is 2. The van der Waals surface area contributed by atoms with Crippen LogP contribution in [0, 0.1) is 11.8 Å². The maximum atomic E-state index is 11.8. The molecule has 2 amide bonds. The predicted molar refractivity (Wildman–Crippen MR) is 93.3 cm³/mol. The van der Waals surface area contributed by atoms with Crippen LogP contribution in [0.1, 0.15) is 55.4 Å². The first-order valence-corrected chi connectivity index (χ1v) is 8.29. The lowest BCUT2D eigenvalue weighted by molar-refractivity contribution is -0.121. The highest BCUT2D eigenvalue weighted by Crippen LogP contribution is 2.10. The van der Waals surface area contributed by atoms with Gasteiger partial charge in [0.2, 0.25) is 5.91 Å². The Morgan fingerprint density at radius 3 is 2.00 bits per heavy atom. The second-order valence-corrected chi connectivity index (χ2v) is 8.32. The van der Waals surface area contributed by atoms with Crippen molar-refractivity contribution in [2.75, 3.05) is 19.6 Å². The van der Waals surface area contributed by atoms with Gasteiger partial charge in [0.25, 0.3) is 0 Å². The zero-order chi connectivity index (χ0) is 18.3. The van der Waals surface area contributed by atoms with Crippen molar-refractivity contribution in [2.24, 2.45) is 11.8 Å². The molecule has 0 spiro atoms. The van der Waals surface area contributed by atoms with Crippen molar-refractivity contribution in [3.63, 3.8) is 0 Å². The first-order chi connectivity index (χ1) is 10.3. The SMILES string of the molecule is CC(C)C(CNCC(=O)NC(C)(C)C)CNC(=O)OC(C)(C)C. The molecule has 136 valence electrons. The third-order valence-corrected chi connectivity index (χ3v) is 3.06. The van der Waals surface area contributed by atoms with Crippen LogP contribution in [0.15, 0.2) is 0 Å². The van der Waals surface area contributed by atoms with E-state index in [1.54, 1.807) is 0 Å². The normalized spacial score (nSPS) is 13.6. The fourth-order valence-electron chi connectivity index (χ4n) is 1.91. The molecule has 0 saturated heterocycles. The summed E-state index contributed by atoms with van der Waals surface area (Å²) in [5.74, 6) is 0.577. The Morgan fingerprint density at radius 1 is 1.00 bits per heavy atom. The van der Waals surface area contributed by atoms with Crippen molar-refractivity contribution < 1.29 is 14.3 Å². The zero-order valence-corrected chi connectivity index (χ0v) is 16.0. The van der Waals surface area contributed by atoms with E-state index < -0.39 is 11.7 Å². The average molecular weight is 329 g/mol. The highest BCUT2D eigenvalue weighted by atomic mass is 16.6. The molecular weight excluding hydrogens is 294 g/mol. The quantitative estimate of drug-likeness (QED) is 0.669.